The SMILES string of the molecule is C[C@@H]1CCC[C@H](C)N1C(=O)C(=O)c1cn(CC(=O)N2CCCCC2)c2ccccc12. The molecule has 0 radical (unpaired) electrons. The minimum atomic E-state index is -0.476. The number of nitrogens with zero attached hydrogens (tertiary/aromatic N) is 3. The molecule has 30 heavy (non-hydrogen) atoms. The van der Waals surface area contributed by atoms with Crippen LogP contribution in [0.1, 0.15) is 62.7 Å². The lowest BCUT2D eigenvalue weighted by atomic mass is 9.96. The summed E-state index contributed by atoms with van der Waals surface area (Å²) in [6, 6.07) is 7.67. The predicted molar refractivity (Wildman–Crippen MR) is 116 cm³/mol. The number of aromatic nitrogens is 1. The number of rotatable bonds is 4. The minimum Gasteiger partial charge on any atom is -0.341 e. The number of hydrogen-bond acceptors (Lipinski definition) is 3. The van der Waals surface area contributed by atoms with Gasteiger partial charge in [0.15, 0.2) is 0 Å². The Morgan fingerprint density at radius 3 is 2.30 bits per heavy atom. The topological polar surface area (TPSA) is 62.6 Å². The normalized spacial score (nSPS) is 22.3. The van der Waals surface area contributed by atoms with E-state index in [-0.39, 0.29) is 24.5 Å². The average molecular weight is 410 g/mol. The highest BCUT2D eigenvalue weighted by atomic mass is 16.2. The first-order valence-corrected chi connectivity index (χ1v) is 11.2. The minimum absolute atomic E-state index is 0.0686. The van der Waals surface area contributed by atoms with E-state index in [2.05, 4.69) is 0 Å². The van der Waals surface area contributed by atoms with Crippen LogP contribution in [0.15, 0.2) is 30.5 Å². The predicted octanol–water partition coefficient (Wildman–Crippen LogP) is 3.63. The van der Waals surface area contributed by atoms with E-state index >= 15 is 0 Å². The van der Waals surface area contributed by atoms with Crippen molar-refractivity contribution in [2.24, 2.45) is 0 Å². The first-order valence-electron chi connectivity index (χ1n) is 11.2. The second kappa shape index (κ2) is 8.62. The van der Waals surface area contributed by atoms with Gasteiger partial charge in [0, 0.05) is 42.3 Å². The number of piperidine rings is 2. The summed E-state index contributed by atoms with van der Waals surface area (Å²) in [5, 5.41) is 0.736. The molecule has 0 bridgehead atoms. The molecule has 0 spiro atoms. The van der Waals surface area contributed by atoms with Gasteiger partial charge < -0.3 is 14.4 Å². The van der Waals surface area contributed by atoms with Crippen LogP contribution in [0.4, 0.5) is 0 Å². The van der Waals surface area contributed by atoms with Crippen molar-refractivity contribution in [2.45, 2.75) is 71.0 Å². The fourth-order valence-corrected chi connectivity index (χ4v) is 5.00. The maximum Gasteiger partial charge on any atom is 0.295 e. The Bertz CT molecular complexity index is 948. The lowest BCUT2D eigenvalue weighted by molar-refractivity contribution is -0.133. The van der Waals surface area contributed by atoms with Crippen LogP contribution in [-0.2, 0) is 16.1 Å². The average Bonchev–Trinajstić information content (AvgIpc) is 3.12. The number of hydrogen-bond donors (Lipinski definition) is 0. The second-order valence-corrected chi connectivity index (χ2v) is 8.80. The quantitative estimate of drug-likeness (QED) is 0.572. The Balaban J connectivity index is 1.62. The number of para-hydroxylation sites is 1. The molecule has 2 fully saturated rings. The molecule has 0 unspecified atom stereocenters. The van der Waals surface area contributed by atoms with Gasteiger partial charge in [-0.1, -0.05) is 18.2 Å². The number of carbonyl (C=O) groups is 3. The Hall–Kier alpha value is -2.63. The van der Waals surface area contributed by atoms with Crippen molar-refractivity contribution in [3.05, 3.63) is 36.0 Å². The smallest absolute Gasteiger partial charge is 0.295 e. The standard InChI is InChI=1S/C24H31N3O3/c1-17-9-8-10-18(2)27(17)24(30)23(29)20-15-26(21-12-5-4-11-19(20)21)16-22(28)25-13-6-3-7-14-25/h4-5,11-12,15,17-18H,3,6-10,13-14,16H2,1-2H3/t17-,18+. The number of ketones is 1. The zero-order valence-electron chi connectivity index (χ0n) is 18.0. The van der Waals surface area contributed by atoms with Crippen molar-refractivity contribution in [1.82, 2.24) is 14.4 Å². The molecule has 0 aliphatic carbocycles. The molecule has 2 atom stereocenters. The van der Waals surface area contributed by atoms with Crippen LogP contribution in [0, 0.1) is 0 Å². The van der Waals surface area contributed by atoms with E-state index in [1.54, 1.807) is 11.1 Å². The molecule has 6 nitrogen and oxygen atoms in total. The maximum absolute atomic E-state index is 13.2. The van der Waals surface area contributed by atoms with Gasteiger partial charge in [-0.3, -0.25) is 14.4 Å². The molecular weight excluding hydrogens is 378 g/mol. The van der Waals surface area contributed by atoms with Gasteiger partial charge >= 0.3 is 0 Å². The van der Waals surface area contributed by atoms with Crippen molar-refractivity contribution in [1.29, 1.82) is 0 Å². The van der Waals surface area contributed by atoms with E-state index in [4.69, 9.17) is 0 Å². The Morgan fingerprint density at radius 2 is 1.60 bits per heavy atom. The van der Waals surface area contributed by atoms with E-state index in [9.17, 15) is 14.4 Å². The summed E-state index contributed by atoms with van der Waals surface area (Å²) >= 11 is 0. The highest BCUT2D eigenvalue weighted by Gasteiger charge is 2.34. The number of fused-ring (bicyclic) bond motifs is 1. The Labute approximate surface area is 177 Å². The number of Topliss-reactive ketones (excluding diaryl/α,β-unsaturated/α-hetero) is 1. The summed E-state index contributed by atoms with van der Waals surface area (Å²) in [7, 11) is 0. The van der Waals surface area contributed by atoms with E-state index in [1.807, 2.05) is 47.6 Å². The van der Waals surface area contributed by atoms with E-state index in [0.717, 1.165) is 56.1 Å². The summed E-state index contributed by atoms with van der Waals surface area (Å²) in [4.78, 5) is 42.8. The van der Waals surface area contributed by atoms with Crippen LogP contribution in [0.25, 0.3) is 10.9 Å². The molecule has 160 valence electrons. The zero-order chi connectivity index (χ0) is 21.3. The number of amides is 2. The summed E-state index contributed by atoms with van der Waals surface area (Å²) < 4.78 is 1.83. The first-order chi connectivity index (χ1) is 14.5. The molecule has 2 amide bonds. The molecule has 2 aromatic rings. The van der Waals surface area contributed by atoms with Crippen LogP contribution >= 0.6 is 0 Å². The van der Waals surface area contributed by atoms with Crippen LogP contribution in [0.3, 0.4) is 0 Å². The van der Waals surface area contributed by atoms with Crippen molar-refractivity contribution < 1.29 is 14.4 Å². The maximum atomic E-state index is 13.2. The van der Waals surface area contributed by atoms with Crippen LogP contribution in [0.5, 0.6) is 0 Å². The summed E-state index contributed by atoms with van der Waals surface area (Å²) in [6.07, 6.45) is 7.89. The van der Waals surface area contributed by atoms with Gasteiger partial charge in [-0.15, -0.1) is 0 Å². The first kappa shape index (κ1) is 20.6. The third-order valence-corrected chi connectivity index (χ3v) is 6.67. The van der Waals surface area contributed by atoms with Crippen molar-refractivity contribution >= 4 is 28.5 Å². The molecule has 0 N–H and O–H groups in total. The molecule has 6 heteroatoms. The molecule has 1 aromatic carbocycles. The third-order valence-electron chi connectivity index (χ3n) is 6.67. The van der Waals surface area contributed by atoms with Gasteiger partial charge in [-0.25, -0.2) is 0 Å². The molecule has 0 saturated carbocycles. The van der Waals surface area contributed by atoms with Crippen LogP contribution in [0.2, 0.25) is 0 Å². The van der Waals surface area contributed by atoms with E-state index < -0.39 is 11.7 Å². The Kier molecular flexibility index (Phi) is 5.93. The van der Waals surface area contributed by atoms with Gasteiger partial charge in [0.2, 0.25) is 5.91 Å². The molecule has 2 saturated heterocycles. The van der Waals surface area contributed by atoms with Gasteiger partial charge in [0.25, 0.3) is 11.7 Å². The monoisotopic (exact) mass is 409 g/mol. The van der Waals surface area contributed by atoms with Crippen LogP contribution in [-0.4, -0.2) is 57.1 Å². The van der Waals surface area contributed by atoms with Gasteiger partial charge in [-0.2, -0.15) is 0 Å². The van der Waals surface area contributed by atoms with Crippen molar-refractivity contribution in [2.75, 3.05) is 13.1 Å². The molecule has 3 heterocycles. The fraction of sp³-hybridized carbons (Fsp3) is 0.542. The van der Waals surface area contributed by atoms with Gasteiger partial charge in [-0.05, 0) is 58.4 Å². The highest BCUT2D eigenvalue weighted by molar-refractivity contribution is 6.45. The molecule has 2 aliphatic rings. The summed E-state index contributed by atoms with van der Waals surface area (Å²) in [6.45, 7) is 5.82. The molecule has 2 aliphatic heterocycles. The number of benzene rings is 1. The molecule has 1 aromatic heterocycles. The lowest BCUT2D eigenvalue weighted by Gasteiger charge is -2.38. The number of likely N-dealkylation sites (tertiary alicyclic amines) is 2. The second-order valence-electron chi connectivity index (χ2n) is 8.80. The van der Waals surface area contributed by atoms with Gasteiger partial charge in [0.05, 0.1) is 5.56 Å². The highest BCUT2D eigenvalue weighted by Crippen LogP contribution is 2.27. The van der Waals surface area contributed by atoms with Crippen molar-refractivity contribution in [3.8, 4) is 0 Å². The summed E-state index contributed by atoms with van der Waals surface area (Å²) in [5.41, 5.74) is 1.21. The number of carbonyl (C=O) groups excluding carboxylic acids is 3. The zero-order valence-corrected chi connectivity index (χ0v) is 18.0. The van der Waals surface area contributed by atoms with Crippen molar-refractivity contribution in [3.63, 3.8) is 0 Å². The largest absolute Gasteiger partial charge is 0.341 e. The Morgan fingerprint density at radius 1 is 0.933 bits per heavy atom. The summed E-state index contributed by atoms with van der Waals surface area (Å²) in [5.74, 6) is -0.838. The third kappa shape index (κ3) is 3.87. The fourth-order valence-electron chi connectivity index (χ4n) is 5.00. The lowest BCUT2D eigenvalue weighted by Crippen LogP contribution is -2.50. The molecular formula is C24H31N3O3. The molecule has 4 rings (SSSR count). The van der Waals surface area contributed by atoms with E-state index in [0.29, 0.717) is 5.56 Å². The van der Waals surface area contributed by atoms with Crippen LogP contribution < -0.4 is 0 Å². The van der Waals surface area contributed by atoms with E-state index in [1.165, 1.54) is 6.42 Å². The van der Waals surface area contributed by atoms with Gasteiger partial charge in [0.1, 0.15) is 6.54 Å².